The summed E-state index contributed by atoms with van der Waals surface area (Å²) in [5.41, 5.74) is 3.42. The number of carbonyl (C=O) groups is 1. The van der Waals surface area contributed by atoms with Gasteiger partial charge in [-0.1, -0.05) is 0 Å². The fourth-order valence-electron chi connectivity index (χ4n) is 0.795. The van der Waals surface area contributed by atoms with Crippen LogP contribution in [0.3, 0.4) is 0 Å². The Labute approximate surface area is 71.3 Å². The molecule has 0 saturated carbocycles. The standard InChI is InChI=1S/C7H4F2N2O2/c8-4-2-6(11-13)5(9)1-3(4)7(10)12/h1-2H,(H2,10,12). The minimum atomic E-state index is -1.10. The molecule has 0 saturated heterocycles. The molecule has 0 aliphatic carbocycles. The monoisotopic (exact) mass is 186 g/mol. The Morgan fingerprint density at radius 2 is 1.92 bits per heavy atom. The van der Waals surface area contributed by atoms with E-state index in [-0.39, 0.29) is 0 Å². The summed E-state index contributed by atoms with van der Waals surface area (Å²) in [7, 11) is 0. The van der Waals surface area contributed by atoms with Crippen LogP contribution in [0.4, 0.5) is 14.5 Å². The Hall–Kier alpha value is -1.85. The Bertz CT molecular complexity index is 379. The predicted octanol–water partition coefficient (Wildman–Crippen LogP) is 1.46. The summed E-state index contributed by atoms with van der Waals surface area (Å²) >= 11 is 0. The van der Waals surface area contributed by atoms with Gasteiger partial charge < -0.3 is 5.73 Å². The first-order chi connectivity index (χ1) is 6.06. The van der Waals surface area contributed by atoms with E-state index in [4.69, 9.17) is 5.73 Å². The number of carbonyl (C=O) groups excluding carboxylic acids is 1. The first kappa shape index (κ1) is 9.24. The van der Waals surface area contributed by atoms with Crippen LogP contribution in [0.2, 0.25) is 0 Å². The predicted molar refractivity (Wildman–Crippen MR) is 40.3 cm³/mol. The fraction of sp³-hybridized carbons (Fsp3) is 0. The van der Waals surface area contributed by atoms with Gasteiger partial charge in [0.2, 0.25) is 0 Å². The average Bonchev–Trinajstić information content (AvgIpc) is 2.07. The molecule has 1 aromatic rings. The highest BCUT2D eigenvalue weighted by Crippen LogP contribution is 2.21. The summed E-state index contributed by atoms with van der Waals surface area (Å²) in [5, 5.41) is 2.21. The van der Waals surface area contributed by atoms with Crippen LogP contribution in [0.15, 0.2) is 17.3 Å². The molecule has 0 aliphatic heterocycles. The third-order valence-corrected chi connectivity index (χ3v) is 1.40. The number of rotatable bonds is 2. The molecule has 0 fully saturated rings. The summed E-state index contributed by atoms with van der Waals surface area (Å²) < 4.78 is 25.5. The maximum absolute atomic E-state index is 12.8. The number of primary amides is 1. The molecule has 1 aromatic carbocycles. The fourth-order valence-corrected chi connectivity index (χ4v) is 0.795. The van der Waals surface area contributed by atoms with E-state index in [1.54, 1.807) is 0 Å². The SMILES string of the molecule is NC(=O)c1cc(F)c(N=O)cc1F. The lowest BCUT2D eigenvalue weighted by Gasteiger charge is -1.99. The number of hydrogen-bond donors (Lipinski definition) is 1. The Kier molecular flexibility index (Phi) is 2.32. The van der Waals surface area contributed by atoms with Gasteiger partial charge in [-0.3, -0.25) is 4.79 Å². The molecule has 13 heavy (non-hydrogen) atoms. The van der Waals surface area contributed by atoms with Crippen molar-refractivity contribution >= 4 is 11.6 Å². The van der Waals surface area contributed by atoms with E-state index in [0.717, 1.165) is 0 Å². The Morgan fingerprint density at radius 1 is 1.31 bits per heavy atom. The number of hydrogen-bond acceptors (Lipinski definition) is 3. The molecule has 0 aromatic heterocycles. The lowest BCUT2D eigenvalue weighted by atomic mass is 10.2. The van der Waals surface area contributed by atoms with Gasteiger partial charge in [0.25, 0.3) is 5.91 Å². The van der Waals surface area contributed by atoms with Crippen molar-refractivity contribution < 1.29 is 13.6 Å². The van der Waals surface area contributed by atoms with Crippen LogP contribution < -0.4 is 5.73 Å². The maximum atomic E-state index is 12.8. The normalized spacial score (nSPS) is 9.69. The van der Waals surface area contributed by atoms with E-state index in [2.05, 4.69) is 5.18 Å². The minimum absolute atomic E-state index is 0.516. The van der Waals surface area contributed by atoms with Crippen molar-refractivity contribution in [1.82, 2.24) is 0 Å². The first-order valence-electron chi connectivity index (χ1n) is 3.18. The highest BCUT2D eigenvalue weighted by molar-refractivity contribution is 5.93. The lowest BCUT2D eigenvalue weighted by Crippen LogP contribution is -2.13. The molecule has 0 bridgehead atoms. The smallest absolute Gasteiger partial charge is 0.251 e. The van der Waals surface area contributed by atoms with Crippen LogP contribution in [-0.2, 0) is 0 Å². The van der Waals surface area contributed by atoms with Crippen molar-refractivity contribution in [2.24, 2.45) is 10.9 Å². The van der Waals surface area contributed by atoms with Crippen molar-refractivity contribution in [2.75, 3.05) is 0 Å². The van der Waals surface area contributed by atoms with Gasteiger partial charge in [-0.2, -0.15) is 0 Å². The molecule has 68 valence electrons. The Balaban J connectivity index is 3.36. The third kappa shape index (κ3) is 1.66. The van der Waals surface area contributed by atoms with E-state index in [1.165, 1.54) is 0 Å². The van der Waals surface area contributed by atoms with E-state index in [1.807, 2.05) is 0 Å². The van der Waals surface area contributed by atoms with Crippen molar-refractivity contribution in [3.05, 3.63) is 34.2 Å². The molecule has 0 spiro atoms. The summed E-state index contributed by atoms with van der Waals surface area (Å²) in [4.78, 5) is 20.4. The molecule has 0 unspecified atom stereocenters. The van der Waals surface area contributed by atoms with Gasteiger partial charge in [-0.15, -0.1) is 4.91 Å². The van der Waals surface area contributed by atoms with E-state index >= 15 is 0 Å². The van der Waals surface area contributed by atoms with Crippen LogP contribution in [-0.4, -0.2) is 5.91 Å². The first-order valence-corrected chi connectivity index (χ1v) is 3.18. The van der Waals surface area contributed by atoms with Crippen LogP contribution in [0, 0.1) is 16.5 Å². The molecule has 0 radical (unpaired) electrons. The molecule has 6 heteroatoms. The summed E-state index contributed by atoms with van der Waals surface area (Å²) in [6.45, 7) is 0. The molecule has 0 atom stereocenters. The number of nitrogens with zero attached hydrogens (tertiary/aromatic N) is 1. The molecule has 1 amide bonds. The van der Waals surface area contributed by atoms with Crippen LogP contribution in [0.1, 0.15) is 10.4 Å². The maximum Gasteiger partial charge on any atom is 0.251 e. The van der Waals surface area contributed by atoms with Crippen molar-refractivity contribution in [3.63, 3.8) is 0 Å². The highest BCUT2D eigenvalue weighted by atomic mass is 19.1. The van der Waals surface area contributed by atoms with Gasteiger partial charge in [-0.25, -0.2) is 8.78 Å². The van der Waals surface area contributed by atoms with E-state index < -0.39 is 28.8 Å². The highest BCUT2D eigenvalue weighted by Gasteiger charge is 2.13. The van der Waals surface area contributed by atoms with E-state index in [0.29, 0.717) is 12.1 Å². The second kappa shape index (κ2) is 3.26. The zero-order valence-corrected chi connectivity index (χ0v) is 6.25. The molecule has 1 rings (SSSR count). The average molecular weight is 186 g/mol. The zero-order chi connectivity index (χ0) is 10.0. The van der Waals surface area contributed by atoms with Crippen LogP contribution >= 0.6 is 0 Å². The molecule has 0 aliphatic rings. The number of nitrogens with two attached hydrogens (primary N) is 1. The molecule has 2 N–H and O–H groups in total. The van der Waals surface area contributed by atoms with Crippen LogP contribution in [0.25, 0.3) is 0 Å². The molecule has 4 nitrogen and oxygen atoms in total. The van der Waals surface area contributed by atoms with Gasteiger partial charge in [0.15, 0.2) is 5.82 Å². The summed E-state index contributed by atoms with van der Waals surface area (Å²) in [6, 6.07) is 1.05. The van der Waals surface area contributed by atoms with Gasteiger partial charge >= 0.3 is 0 Å². The second-order valence-electron chi connectivity index (χ2n) is 2.24. The van der Waals surface area contributed by atoms with Crippen LogP contribution in [0.5, 0.6) is 0 Å². The number of amides is 1. The van der Waals surface area contributed by atoms with Crippen molar-refractivity contribution in [2.45, 2.75) is 0 Å². The van der Waals surface area contributed by atoms with Crippen molar-refractivity contribution in [3.8, 4) is 0 Å². The van der Waals surface area contributed by atoms with E-state index in [9.17, 15) is 18.5 Å². The minimum Gasteiger partial charge on any atom is -0.366 e. The van der Waals surface area contributed by atoms with Crippen molar-refractivity contribution in [1.29, 1.82) is 0 Å². The number of benzene rings is 1. The van der Waals surface area contributed by atoms with Gasteiger partial charge in [0.05, 0.1) is 5.56 Å². The zero-order valence-electron chi connectivity index (χ0n) is 6.25. The molecular weight excluding hydrogens is 182 g/mol. The summed E-state index contributed by atoms with van der Waals surface area (Å²) in [6.07, 6.45) is 0. The molecular formula is C7H4F2N2O2. The topological polar surface area (TPSA) is 72.5 Å². The van der Waals surface area contributed by atoms with Gasteiger partial charge in [0.1, 0.15) is 11.5 Å². The Morgan fingerprint density at radius 3 is 2.38 bits per heavy atom. The largest absolute Gasteiger partial charge is 0.366 e. The van der Waals surface area contributed by atoms with Gasteiger partial charge in [0, 0.05) is 6.07 Å². The second-order valence-corrected chi connectivity index (χ2v) is 2.24. The summed E-state index contributed by atoms with van der Waals surface area (Å²) in [5.74, 6) is -3.25. The quantitative estimate of drug-likeness (QED) is 0.710. The third-order valence-electron chi connectivity index (χ3n) is 1.40. The molecule has 0 heterocycles. The van der Waals surface area contributed by atoms with Gasteiger partial charge in [-0.05, 0) is 11.2 Å². The number of nitroso groups, excluding NO2 is 1. The lowest BCUT2D eigenvalue weighted by molar-refractivity contribution is 0.0996. The number of halogens is 2.